The first kappa shape index (κ1) is 25.1. The van der Waals surface area contributed by atoms with Crippen LogP contribution < -0.4 is 5.11 Å². The molecule has 1 unspecified atom stereocenters. The van der Waals surface area contributed by atoms with Gasteiger partial charge < -0.3 is 19.4 Å². The Hall–Kier alpha value is -1.52. The molecular formula is C21H27F6O5-. The zero-order chi connectivity index (χ0) is 24.1. The Morgan fingerprint density at radius 1 is 0.938 bits per heavy atom. The molecule has 4 fully saturated rings. The first-order valence-electron chi connectivity index (χ1n) is 10.8. The van der Waals surface area contributed by atoms with Crippen molar-refractivity contribution in [2.24, 2.45) is 29.1 Å². The van der Waals surface area contributed by atoms with Crippen LogP contribution in [0.1, 0.15) is 58.8 Å². The monoisotopic (exact) mass is 473 g/mol. The van der Waals surface area contributed by atoms with E-state index in [1.807, 2.05) is 0 Å². The van der Waals surface area contributed by atoms with E-state index in [0.29, 0.717) is 17.8 Å². The normalized spacial score (nSPS) is 31.1. The topological polar surface area (TPSA) is 75.7 Å². The van der Waals surface area contributed by atoms with Crippen LogP contribution in [0.4, 0.5) is 26.3 Å². The number of ether oxygens (including phenoxy) is 2. The molecule has 4 saturated carbocycles. The standard InChI is InChI=1S/C21H28F6O5/c1-11(2)16(31-10-18-6-12-3-13(7-18)5-14(4-12)8-18)17(30)32-19(9-15(28)29,20(22,23)24)21(25,26)27/h11-14,16H,3-10H2,1-2H3,(H,28,29)/p-1. The highest BCUT2D eigenvalue weighted by atomic mass is 19.4. The minimum atomic E-state index is -6.22. The molecule has 0 N–H and O–H groups in total. The number of alkyl halides is 6. The molecule has 4 aliphatic carbocycles. The van der Waals surface area contributed by atoms with Crippen LogP contribution in [0.15, 0.2) is 0 Å². The molecule has 0 aliphatic heterocycles. The smallest absolute Gasteiger partial charge is 0.437 e. The van der Waals surface area contributed by atoms with Gasteiger partial charge in [-0.15, -0.1) is 0 Å². The van der Waals surface area contributed by atoms with Crippen LogP contribution in [-0.2, 0) is 19.1 Å². The number of carboxylic acids is 1. The van der Waals surface area contributed by atoms with Gasteiger partial charge in [-0.2, -0.15) is 26.3 Å². The molecule has 0 heterocycles. The minimum Gasteiger partial charge on any atom is -0.550 e. The summed E-state index contributed by atoms with van der Waals surface area (Å²) in [5.74, 6) is -3.75. The van der Waals surface area contributed by atoms with Gasteiger partial charge in [-0.1, -0.05) is 13.8 Å². The number of carbonyl (C=O) groups is 2. The van der Waals surface area contributed by atoms with Crippen LogP contribution in [0.25, 0.3) is 0 Å². The van der Waals surface area contributed by atoms with Crippen molar-refractivity contribution in [2.75, 3.05) is 6.61 Å². The first-order chi connectivity index (χ1) is 14.6. The summed E-state index contributed by atoms with van der Waals surface area (Å²) in [6, 6.07) is 0. The second kappa shape index (κ2) is 8.36. The molecule has 0 aromatic heterocycles. The lowest BCUT2D eigenvalue weighted by Crippen LogP contribution is -2.63. The summed E-state index contributed by atoms with van der Waals surface area (Å²) in [5, 5.41) is 10.7. The second-order valence-electron chi connectivity index (χ2n) is 10.2. The molecule has 32 heavy (non-hydrogen) atoms. The molecule has 0 amide bonds. The molecule has 1 atom stereocenters. The number of hydrogen-bond donors (Lipinski definition) is 0. The molecule has 0 radical (unpaired) electrons. The fourth-order valence-electron chi connectivity index (χ4n) is 6.21. The molecule has 4 rings (SSSR count). The molecule has 184 valence electrons. The summed E-state index contributed by atoms with van der Waals surface area (Å²) < 4.78 is 90.1. The largest absolute Gasteiger partial charge is 0.550 e. The number of hydrogen-bond acceptors (Lipinski definition) is 5. The molecule has 0 aromatic rings. The SMILES string of the molecule is CC(C)C(OCC12CC3CC(CC(C3)C1)C2)C(=O)OC(CC(=O)[O-])(C(F)(F)F)C(F)(F)F. The quantitative estimate of drug-likeness (QED) is 0.396. The van der Waals surface area contributed by atoms with Gasteiger partial charge in [-0.05, 0) is 67.6 Å². The van der Waals surface area contributed by atoms with Crippen molar-refractivity contribution < 1.29 is 50.5 Å². The van der Waals surface area contributed by atoms with Gasteiger partial charge in [0, 0.05) is 12.4 Å². The Balaban J connectivity index is 1.78. The van der Waals surface area contributed by atoms with E-state index < -0.39 is 48.3 Å². The predicted molar refractivity (Wildman–Crippen MR) is 95.7 cm³/mol. The Morgan fingerprint density at radius 2 is 1.38 bits per heavy atom. The molecule has 5 nitrogen and oxygen atoms in total. The van der Waals surface area contributed by atoms with Crippen LogP contribution in [0.3, 0.4) is 0 Å². The van der Waals surface area contributed by atoms with Crippen LogP contribution in [0, 0.1) is 29.1 Å². The lowest BCUT2D eigenvalue weighted by Gasteiger charge is -2.56. The van der Waals surface area contributed by atoms with Crippen molar-refractivity contribution in [1.82, 2.24) is 0 Å². The maximum Gasteiger partial charge on any atom is 0.437 e. The van der Waals surface area contributed by atoms with Gasteiger partial charge >= 0.3 is 23.9 Å². The highest BCUT2D eigenvalue weighted by Gasteiger charge is 2.74. The summed E-state index contributed by atoms with van der Waals surface area (Å²) in [6.45, 7) is 2.86. The first-order valence-corrected chi connectivity index (χ1v) is 10.8. The molecule has 4 bridgehead atoms. The van der Waals surface area contributed by atoms with Crippen LogP contribution in [0.5, 0.6) is 0 Å². The maximum absolute atomic E-state index is 13.4. The van der Waals surface area contributed by atoms with Crippen molar-refractivity contribution in [3.8, 4) is 0 Å². The Morgan fingerprint density at radius 3 is 1.72 bits per heavy atom. The van der Waals surface area contributed by atoms with Crippen LogP contribution >= 0.6 is 0 Å². The number of esters is 1. The van der Waals surface area contributed by atoms with Crippen molar-refractivity contribution in [3.63, 3.8) is 0 Å². The average molecular weight is 473 g/mol. The third-order valence-electron chi connectivity index (χ3n) is 7.16. The Kier molecular flexibility index (Phi) is 6.56. The number of carbonyl (C=O) groups excluding carboxylic acids is 2. The molecule has 0 saturated heterocycles. The summed E-state index contributed by atoms with van der Waals surface area (Å²) in [6.07, 6.45) is -10.8. The zero-order valence-corrected chi connectivity index (χ0v) is 17.9. The predicted octanol–water partition coefficient (Wildman–Crippen LogP) is 3.79. The van der Waals surface area contributed by atoms with E-state index in [-0.39, 0.29) is 12.0 Å². The van der Waals surface area contributed by atoms with Crippen molar-refractivity contribution in [2.45, 2.75) is 82.9 Å². The molecule has 4 aliphatic rings. The lowest BCUT2D eigenvalue weighted by atomic mass is 9.50. The number of carboxylic acid groups (broad SMARTS) is 1. The van der Waals surface area contributed by atoms with Gasteiger partial charge in [-0.3, -0.25) is 0 Å². The Labute approximate surface area is 181 Å². The fourth-order valence-corrected chi connectivity index (χ4v) is 6.21. The lowest BCUT2D eigenvalue weighted by molar-refractivity contribution is -0.382. The molecular weight excluding hydrogens is 446 g/mol. The van der Waals surface area contributed by atoms with Gasteiger partial charge in [0.1, 0.15) is 0 Å². The van der Waals surface area contributed by atoms with Gasteiger partial charge in [0.2, 0.25) is 0 Å². The molecule has 0 spiro atoms. The summed E-state index contributed by atoms with van der Waals surface area (Å²) >= 11 is 0. The highest BCUT2D eigenvalue weighted by Crippen LogP contribution is 2.60. The van der Waals surface area contributed by atoms with E-state index in [9.17, 15) is 41.0 Å². The van der Waals surface area contributed by atoms with Crippen LogP contribution in [0.2, 0.25) is 0 Å². The third-order valence-corrected chi connectivity index (χ3v) is 7.16. The third kappa shape index (κ3) is 4.72. The van der Waals surface area contributed by atoms with Gasteiger partial charge in [0.05, 0.1) is 6.61 Å². The number of aliphatic carboxylic acids is 1. The Bertz CT molecular complexity index is 680. The fraction of sp³-hybridized carbons (Fsp3) is 0.905. The van der Waals surface area contributed by atoms with E-state index in [4.69, 9.17) is 4.74 Å². The van der Waals surface area contributed by atoms with Crippen LogP contribution in [-0.4, -0.2) is 42.6 Å². The number of halogens is 6. The maximum atomic E-state index is 13.4. The zero-order valence-electron chi connectivity index (χ0n) is 17.9. The van der Waals surface area contributed by atoms with E-state index in [1.165, 1.54) is 13.8 Å². The highest BCUT2D eigenvalue weighted by molar-refractivity contribution is 5.76. The van der Waals surface area contributed by atoms with Gasteiger partial charge in [-0.25, -0.2) is 4.79 Å². The summed E-state index contributed by atoms with van der Waals surface area (Å²) in [4.78, 5) is 23.3. The summed E-state index contributed by atoms with van der Waals surface area (Å²) in [7, 11) is 0. The molecule has 11 heteroatoms. The van der Waals surface area contributed by atoms with Gasteiger partial charge in [0.25, 0.3) is 0 Å². The molecule has 0 aromatic carbocycles. The van der Waals surface area contributed by atoms with E-state index in [2.05, 4.69) is 4.74 Å². The second-order valence-corrected chi connectivity index (χ2v) is 10.2. The minimum absolute atomic E-state index is 0.0416. The van der Waals surface area contributed by atoms with Crippen molar-refractivity contribution >= 4 is 11.9 Å². The van der Waals surface area contributed by atoms with Crippen molar-refractivity contribution in [1.29, 1.82) is 0 Å². The van der Waals surface area contributed by atoms with Gasteiger partial charge in [0.15, 0.2) is 6.10 Å². The number of rotatable bonds is 8. The van der Waals surface area contributed by atoms with E-state index in [1.54, 1.807) is 0 Å². The van der Waals surface area contributed by atoms with Crippen molar-refractivity contribution in [3.05, 3.63) is 0 Å². The van der Waals surface area contributed by atoms with E-state index in [0.717, 1.165) is 38.5 Å². The average Bonchev–Trinajstić information content (AvgIpc) is 2.57. The summed E-state index contributed by atoms with van der Waals surface area (Å²) in [5.41, 5.74) is -5.45. The van der Waals surface area contributed by atoms with E-state index >= 15 is 0 Å².